The summed E-state index contributed by atoms with van der Waals surface area (Å²) in [6.45, 7) is 12.3. The van der Waals surface area contributed by atoms with Gasteiger partial charge in [0, 0.05) is 17.5 Å². The lowest BCUT2D eigenvalue weighted by atomic mass is 9.88. The molecule has 0 spiro atoms. The van der Waals surface area contributed by atoms with Gasteiger partial charge in [-0.05, 0) is 63.8 Å². The van der Waals surface area contributed by atoms with Crippen molar-refractivity contribution >= 4 is 38.3 Å². The molecule has 0 radical (unpaired) electrons. The molecule has 5 nitrogen and oxygen atoms in total. The summed E-state index contributed by atoms with van der Waals surface area (Å²) in [5.74, 6) is -0.810. The van der Waals surface area contributed by atoms with Crippen molar-refractivity contribution in [2.75, 3.05) is 0 Å². The van der Waals surface area contributed by atoms with Crippen molar-refractivity contribution in [3.05, 3.63) is 65.4 Å². The van der Waals surface area contributed by atoms with E-state index in [-0.39, 0.29) is 17.2 Å². The summed E-state index contributed by atoms with van der Waals surface area (Å²) in [6, 6.07) is 15.2. The maximum absolute atomic E-state index is 14.0. The maximum Gasteiger partial charge on any atom is 0.309 e. The van der Waals surface area contributed by atoms with Gasteiger partial charge in [0.25, 0.3) is 0 Å². The molecule has 0 amide bonds. The highest BCUT2D eigenvalue weighted by Gasteiger charge is 2.40. The Bertz CT molecular complexity index is 1320. The van der Waals surface area contributed by atoms with Crippen LogP contribution in [0.1, 0.15) is 76.7 Å². The Morgan fingerprint density at radius 3 is 2.09 bits per heavy atom. The highest BCUT2D eigenvalue weighted by Crippen LogP contribution is 2.43. The number of aromatic nitrogens is 1. The highest BCUT2D eigenvalue weighted by molar-refractivity contribution is 7.93. The fourth-order valence-corrected chi connectivity index (χ4v) is 5.92. The first-order valence-electron chi connectivity index (χ1n) is 11.4. The standard InChI is InChI=1S/C27H34ClNO4S/c1-17(2)19-13-14-21-20(15-19)23(34(32,33)26(3,4)5)22(16-27(6,7)25(30)31)29(21)24(28)18-11-9-8-10-12-18/h8-15,17,24H,16H2,1-7H3,(H,30,31). The van der Waals surface area contributed by atoms with Gasteiger partial charge in [-0.25, -0.2) is 8.42 Å². The Hall–Kier alpha value is -2.31. The van der Waals surface area contributed by atoms with Gasteiger partial charge in [0.2, 0.25) is 0 Å². The van der Waals surface area contributed by atoms with Crippen LogP contribution in [0, 0.1) is 5.41 Å². The molecule has 0 aliphatic heterocycles. The molecule has 1 unspecified atom stereocenters. The van der Waals surface area contributed by atoms with Crippen molar-refractivity contribution in [1.82, 2.24) is 4.57 Å². The highest BCUT2D eigenvalue weighted by atomic mass is 35.5. The number of hydrogen-bond acceptors (Lipinski definition) is 3. The molecule has 0 fully saturated rings. The normalized spacial score (nSPS) is 14.0. The van der Waals surface area contributed by atoms with E-state index < -0.39 is 31.5 Å². The van der Waals surface area contributed by atoms with E-state index in [4.69, 9.17) is 11.6 Å². The summed E-state index contributed by atoms with van der Waals surface area (Å²) in [7, 11) is -3.84. The number of carbonyl (C=O) groups is 1. The average molecular weight is 504 g/mol. The number of hydrogen-bond donors (Lipinski definition) is 1. The van der Waals surface area contributed by atoms with E-state index in [0.717, 1.165) is 11.1 Å². The lowest BCUT2D eigenvalue weighted by molar-refractivity contribution is -0.146. The summed E-state index contributed by atoms with van der Waals surface area (Å²) < 4.78 is 28.7. The number of carboxylic acid groups (broad SMARTS) is 1. The minimum atomic E-state index is -3.84. The first kappa shape index (κ1) is 26.3. The number of rotatable bonds is 7. The minimum Gasteiger partial charge on any atom is -0.481 e. The van der Waals surface area contributed by atoms with Crippen LogP contribution in [-0.4, -0.2) is 28.8 Å². The van der Waals surface area contributed by atoms with Crippen LogP contribution in [0.25, 0.3) is 10.9 Å². The fourth-order valence-electron chi connectivity index (χ4n) is 4.00. The monoisotopic (exact) mass is 503 g/mol. The number of alkyl halides is 1. The molecular formula is C27H34ClNO4S. The van der Waals surface area contributed by atoms with Crippen LogP contribution in [0.3, 0.4) is 0 Å². The van der Waals surface area contributed by atoms with Gasteiger partial charge in [-0.15, -0.1) is 0 Å². The first-order valence-corrected chi connectivity index (χ1v) is 13.4. The molecule has 34 heavy (non-hydrogen) atoms. The molecule has 3 aromatic rings. The molecule has 0 aliphatic rings. The zero-order valence-electron chi connectivity index (χ0n) is 20.9. The average Bonchev–Trinajstić information content (AvgIpc) is 3.05. The number of fused-ring (bicyclic) bond motifs is 1. The third kappa shape index (κ3) is 4.63. The van der Waals surface area contributed by atoms with E-state index in [9.17, 15) is 18.3 Å². The van der Waals surface area contributed by atoms with Crippen molar-refractivity contribution in [2.45, 2.75) is 75.9 Å². The molecule has 0 saturated heterocycles. The second-order valence-electron chi connectivity index (χ2n) is 10.8. The van der Waals surface area contributed by atoms with Crippen LogP contribution in [0.4, 0.5) is 0 Å². The van der Waals surface area contributed by atoms with Crippen LogP contribution in [0.15, 0.2) is 53.4 Å². The molecule has 184 valence electrons. The largest absolute Gasteiger partial charge is 0.481 e. The Kier molecular flexibility index (Phi) is 7.00. The smallest absolute Gasteiger partial charge is 0.309 e. The van der Waals surface area contributed by atoms with Crippen molar-refractivity contribution < 1.29 is 18.3 Å². The van der Waals surface area contributed by atoms with Gasteiger partial charge < -0.3 is 9.67 Å². The van der Waals surface area contributed by atoms with Crippen molar-refractivity contribution in [2.24, 2.45) is 5.41 Å². The van der Waals surface area contributed by atoms with E-state index >= 15 is 0 Å². The Morgan fingerprint density at radius 1 is 1.00 bits per heavy atom. The molecule has 2 aromatic carbocycles. The number of sulfone groups is 1. The van der Waals surface area contributed by atoms with Crippen LogP contribution in [0.2, 0.25) is 0 Å². The number of halogens is 1. The zero-order chi connectivity index (χ0) is 25.6. The number of nitrogens with zero attached hydrogens (tertiary/aromatic N) is 1. The molecule has 0 aliphatic carbocycles. The second-order valence-corrected chi connectivity index (χ2v) is 13.9. The zero-order valence-corrected chi connectivity index (χ0v) is 22.5. The topological polar surface area (TPSA) is 76.4 Å². The van der Waals surface area contributed by atoms with Crippen molar-refractivity contribution in [1.29, 1.82) is 0 Å². The molecular weight excluding hydrogens is 470 g/mol. The summed E-state index contributed by atoms with van der Waals surface area (Å²) in [6.07, 6.45) is 0.00865. The van der Waals surface area contributed by atoms with E-state index in [0.29, 0.717) is 16.6 Å². The summed E-state index contributed by atoms with van der Waals surface area (Å²) in [5, 5.41) is 10.5. The molecule has 0 bridgehead atoms. The van der Waals surface area contributed by atoms with Gasteiger partial charge in [-0.2, -0.15) is 0 Å². The predicted molar refractivity (Wildman–Crippen MR) is 139 cm³/mol. The first-order chi connectivity index (χ1) is 15.6. The molecule has 1 N–H and O–H groups in total. The van der Waals surface area contributed by atoms with Gasteiger partial charge in [0.1, 0.15) is 5.50 Å². The molecule has 0 saturated carbocycles. The molecule has 1 heterocycles. The van der Waals surface area contributed by atoms with Gasteiger partial charge >= 0.3 is 5.97 Å². The number of carboxylic acids is 1. The quantitative estimate of drug-likeness (QED) is 0.360. The number of aliphatic carboxylic acids is 1. The van der Waals surface area contributed by atoms with E-state index in [1.54, 1.807) is 39.2 Å². The van der Waals surface area contributed by atoms with Gasteiger partial charge in [-0.3, -0.25) is 4.79 Å². The van der Waals surface area contributed by atoms with Gasteiger partial charge in [0.15, 0.2) is 9.84 Å². The van der Waals surface area contributed by atoms with Gasteiger partial charge in [-0.1, -0.05) is 61.8 Å². The second kappa shape index (κ2) is 9.04. The van der Waals surface area contributed by atoms with E-state index in [1.165, 1.54) is 0 Å². The predicted octanol–water partition coefficient (Wildman–Crippen LogP) is 6.78. The van der Waals surface area contributed by atoms with Crippen molar-refractivity contribution in [3.8, 4) is 0 Å². The summed E-state index contributed by atoms with van der Waals surface area (Å²) in [5.41, 5.74) is 0.974. The summed E-state index contributed by atoms with van der Waals surface area (Å²) >= 11 is 7.02. The SMILES string of the molecule is CC(C)c1ccc2c(c1)c(S(=O)(=O)C(C)(C)C)c(CC(C)(C)C(=O)O)n2C(Cl)c1ccccc1. The Morgan fingerprint density at radius 2 is 1.59 bits per heavy atom. The molecule has 1 aromatic heterocycles. The molecule has 1 atom stereocenters. The number of benzene rings is 2. The third-order valence-electron chi connectivity index (χ3n) is 6.31. The molecule has 3 rings (SSSR count). The van der Waals surface area contributed by atoms with E-state index in [1.807, 2.05) is 48.5 Å². The lowest BCUT2D eigenvalue weighted by Gasteiger charge is -2.26. The minimum absolute atomic E-state index is 0.00865. The fraction of sp³-hybridized carbons (Fsp3) is 0.444. The Labute approximate surface area is 207 Å². The van der Waals surface area contributed by atoms with Gasteiger partial charge in [0.05, 0.1) is 20.6 Å². The van der Waals surface area contributed by atoms with E-state index in [2.05, 4.69) is 13.8 Å². The van der Waals surface area contributed by atoms with Crippen molar-refractivity contribution in [3.63, 3.8) is 0 Å². The third-order valence-corrected chi connectivity index (χ3v) is 9.36. The van der Waals surface area contributed by atoms with Crippen LogP contribution in [-0.2, 0) is 21.1 Å². The van der Waals surface area contributed by atoms with Crippen LogP contribution < -0.4 is 0 Å². The van der Waals surface area contributed by atoms with Crippen LogP contribution in [0.5, 0.6) is 0 Å². The lowest BCUT2D eigenvalue weighted by Crippen LogP contribution is -2.32. The molecule has 7 heteroatoms. The summed E-state index contributed by atoms with van der Waals surface area (Å²) in [4.78, 5) is 12.3. The maximum atomic E-state index is 14.0. The Balaban J connectivity index is 2.52. The van der Waals surface area contributed by atoms with Crippen LogP contribution >= 0.6 is 11.6 Å².